The smallest absolute Gasteiger partial charge is 0.410 e. The van der Waals surface area contributed by atoms with Crippen molar-refractivity contribution in [3.63, 3.8) is 0 Å². The van der Waals surface area contributed by atoms with Crippen molar-refractivity contribution in [2.45, 2.75) is 44.9 Å². The van der Waals surface area contributed by atoms with Gasteiger partial charge in [0.1, 0.15) is 22.4 Å². The highest BCUT2D eigenvalue weighted by atomic mass is 32.1. The zero-order valence-corrected chi connectivity index (χ0v) is 17.8. The molecule has 2 unspecified atom stereocenters. The van der Waals surface area contributed by atoms with Crippen LogP contribution in [0, 0.1) is 0 Å². The van der Waals surface area contributed by atoms with Gasteiger partial charge in [-0.15, -0.1) is 11.3 Å². The van der Waals surface area contributed by atoms with Crippen LogP contribution in [0.2, 0.25) is 0 Å². The Morgan fingerprint density at radius 3 is 2.70 bits per heavy atom. The van der Waals surface area contributed by atoms with Crippen LogP contribution in [0.15, 0.2) is 28.1 Å². The molecule has 0 spiro atoms. The van der Waals surface area contributed by atoms with Crippen molar-refractivity contribution in [1.29, 1.82) is 0 Å². The zero-order chi connectivity index (χ0) is 21.0. The van der Waals surface area contributed by atoms with Crippen LogP contribution in [-0.2, 0) is 4.74 Å². The number of hydrogen-bond acceptors (Lipinski definition) is 8. The molecule has 0 saturated carbocycles. The molecule has 0 radical (unpaired) electrons. The summed E-state index contributed by atoms with van der Waals surface area (Å²) in [6, 6.07) is 4.17. The van der Waals surface area contributed by atoms with Gasteiger partial charge in [-0.05, 0) is 39.3 Å². The van der Waals surface area contributed by atoms with E-state index in [-0.39, 0.29) is 18.2 Å². The summed E-state index contributed by atoms with van der Waals surface area (Å²) in [6.07, 6.45) is 3.22. The highest BCUT2D eigenvalue weighted by Gasteiger charge is 2.49. The molecule has 0 aliphatic carbocycles. The number of aldehydes is 1. The maximum absolute atomic E-state index is 12.5. The number of carbonyl (C=O) groups excluding carboxylic acids is 2. The minimum absolute atomic E-state index is 0.0811. The Bertz CT molecular complexity index is 1110. The summed E-state index contributed by atoms with van der Waals surface area (Å²) < 4.78 is 11.7. The predicted molar refractivity (Wildman–Crippen MR) is 113 cm³/mol. The third kappa shape index (κ3) is 3.23. The lowest BCUT2D eigenvalue weighted by molar-refractivity contribution is -0.0386. The summed E-state index contributed by atoms with van der Waals surface area (Å²) in [5.41, 5.74) is 2.03. The average molecular weight is 426 g/mol. The van der Waals surface area contributed by atoms with Gasteiger partial charge in [0.15, 0.2) is 5.58 Å². The molecule has 156 valence electrons. The molecule has 1 amide bonds. The molecule has 3 saturated heterocycles. The van der Waals surface area contributed by atoms with Gasteiger partial charge in [0, 0.05) is 30.2 Å². The van der Waals surface area contributed by atoms with E-state index in [4.69, 9.17) is 9.15 Å². The van der Waals surface area contributed by atoms with Crippen molar-refractivity contribution >= 4 is 40.8 Å². The van der Waals surface area contributed by atoms with Gasteiger partial charge in [-0.25, -0.2) is 9.78 Å². The largest absolute Gasteiger partial charge is 0.444 e. The second kappa shape index (κ2) is 6.80. The van der Waals surface area contributed by atoms with Crippen LogP contribution in [0.1, 0.15) is 37.6 Å². The Hall–Kier alpha value is -2.94. The Morgan fingerprint density at radius 1 is 1.30 bits per heavy atom. The van der Waals surface area contributed by atoms with Crippen LogP contribution in [0.4, 0.5) is 10.8 Å². The van der Waals surface area contributed by atoms with Gasteiger partial charge < -0.3 is 14.1 Å². The van der Waals surface area contributed by atoms with E-state index in [1.807, 2.05) is 31.1 Å². The summed E-state index contributed by atoms with van der Waals surface area (Å²) in [6.45, 7) is 6.89. The molecule has 9 heteroatoms. The number of carbonyl (C=O) groups is 2. The van der Waals surface area contributed by atoms with Gasteiger partial charge >= 0.3 is 6.09 Å². The Morgan fingerprint density at radius 2 is 2.07 bits per heavy atom. The molecule has 3 fully saturated rings. The first-order chi connectivity index (χ1) is 14.3. The first-order valence-corrected chi connectivity index (χ1v) is 10.8. The average Bonchev–Trinajstić information content (AvgIpc) is 3.35. The number of oxazole rings is 1. The number of aromatic nitrogens is 2. The normalized spacial score (nSPS) is 20.9. The molecule has 2 aromatic heterocycles. The highest BCUT2D eigenvalue weighted by Crippen LogP contribution is 2.38. The van der Waals surface area contributed by atoms with Gasteiger partial charge in [-0.3, -0.25) is 9.69 Å². The van der Waals surface area contributed by atoms with Crippen molar-refractivity contribution in [3.8, 4) is 10.6 Å². The van der Waals surface area contributed by atoms with Crippen molar-refractivity contribution in [2.75, 3.05) is 18.0 Å². The monoisotopic (exact) mass is 426 g/mol. The van der Waals surface area contributed by atoms with Crippen LogP contribution in [-0.4, -0.2) is 58.0 Å². The zero-order valence-electron chi connectivity index (χ0n) is 17.0. The third-order valence-electron chi connectivity index (χ3n) is 5.37. The molecular weight excluding hydrogens is 404 g/mol. The van der Waals surface area contributed by atoms with E-state index < -0.39 is 5.60 Å². The summed E-state index contributed by atoms with van der Waals surface area (Å²) in [7, 11) is 0. The Balaban J connectivity index is 1.41. The number of ether oxygens (including phenoxy) is 1. The quantitative estimate of drug-likeness (QED) is 0.586. The van der Waals surface area contributed by atoms with Crippen LogP contribution < -0.4 is 4.90 Å². The summed E-state index contributed by atoms with van der Waals surface area (Å²) >= 11 is 1.48. The van der Waals surface area contributed by atoms with Crippen molar-refractivity contribution in [2.24, 2.45) is 0 Å². The number of benzene rings is 1. The molecule has 2 bridgehead atoms. The summed E-state index contributed by atoms with van der Waals surface area (Å²) in [5, 5.41) is 2.67. The van der Waals surface area contributed by atoms with Gasteiger partial charge in [-0.2, -0.15) is 4.98 Å². The molecular formula is C21H22N4O4S. The Labute approximate surface area is 177 Å². The highest BCUT2D eigenvalue weighted by molar-refractivity contribution is 7.13. The topological polar surface area (TPSA) is 88.8 Å². The number of rotatable bonds is 3. The third-order valence-corrected chi connectivity index (χ3v) is 6.17. The first-order valence-electron chi connectivity index (χ1n) is 9.88. The van der Waals surface area contributed by atoms with Crippen LogP contribution in [0.25, 0.3) is 21.7 Å². The number of amides is 1. The van der Waals surface area contributed by atoms with E-state index in [0.29, 0.717) is 35.8 Å². The van der Waals surface area contributed by atoms with Crippen LogP contribution in [0.5, 0.6) is 0 Å². The lowest BCUT2D eigenvalue weighted by Crippen LogP contribution is -2.70. The molecule has 5 heterocycles. The van der Waals surface area contributed by atoms with E-state index in [0.717, 1.165) is 23.3 Å². The standard InChI is InChI=1S/C21H22N4O4S/c1-21(2,3)29-20(27)25-13-8-14(25)10-24(9-13)19-23-16-7-12(11-26)6-15(17(16)28-19)18-22-4-5-30-18/h4-7,11,13-14H,8-10H2,1-3H3. The molecule has 30 heavy (non-hydrogen) atoms. The number of hydrogen-bond donors (Lipinski definition) is 0. The number of nitrogens with zero attached hydrogens (tertiary/aromatic N) is 4. The van der Waals surface area contributed by atoms with E-state index in [9.17, 15) is 9.59 Å². The van der Waals surface area contributed by atoms with Gasteiger partial charge in [0.25, 0.3) is 6.01 Å². The molecule has 2 atom stereocenters. The van der Waals surface area contributed by atoms with E-state index in [2.05, 4.69) is 14.9 Å². The SMILES string of the molecule is CC(C)(C)OC(=O)N1C2CC1CN(c1nc3cc(C=O)cc(-c4nccs4)c3o1)C2. The molecule has 1 aromatic carbocycles. The molecule has 3 aromatic rings. The number of fused-ring (bicyclic) bond motifs is 3. The predicted octanol–water partition coefficient (Wildman–Crippen LogP) is 3.96. The van der Waals surface area contributed by atoms with Crippen molar-refractivity contribution in [1.82, 2.24) is 14.9 Å². The van der Waals surface area contributed by atoms with Gasteiger partial charge in [0.05, 0.1) is 17.6 Å². The first kappa shape index (κ1) is 19.0. The molecule has 6 rings (SSSR count). The van der Waals surface area contributed by atoms with Crippen molar-refractivity contribution < 1.29 is 18.7 Å². The van der Waals surface area contributed by atoms with Crippen LogP contribution >= 0.6 is 11.3 Å². The number of piperidine rings is 1. The maximum Gasteiger partial charge on any atom is 0.410 e. The summed E-state index contributed by atoms with van der Waals surface area (Å²) in [4.78, 5) is 36.8. The fourth-order valence-corrected chi connectivity index (χ4v) is 4.79. The van der Waals surface area contributed by atoms with E-state index in [1.165, 1.54) is 11.3 Å². The van der Waals surface area contributed by atoms with E-state index >= 15 is 0 Å². The fourth-order valence-electron chi connectivity index (χ4n) is 4.14. The summed E-state index contributed by atoms with van der Waals surface area (Å²) in [5.74, 6) is 0. The minimum Gasteiger partial charge on any atom is -0.444 e. The number of piperazine rings is 1. The lowest BCUT2D eigenvalue weighted by atomic mass is 9.88. The molecule has 0 N–H and O–H groups in total. The van der Waals surface area contributed by atoms with Crippen LogP contribution in [0.3, 0.4) is 0 Å². The van der Waals surface area contributed by atoms with Crippen molar-refractivity contribution in [3.05, 3.63) is 29.3 Å². The second-order valence-corrected chi connectivity index (χ2v) is 9.60. The molecule has 3 aliphatic heterocycles. The number of thiazole rings is 1. The minimum atomic E-state index is -0.510. The second-order valence-electron chi connectivity index (χ2n) is 8.70. The molecule has 3 aliphatic rings. The molecule has 8 nitrogen and oxygen atoms in total. The maximum atomic E-state index is 12.5. The fraction of sp³-hybridized carbons (Fsp3) is 0.429. The lowest BCUT2D eigenvalue weighted by Gasteiger charge is -2.55. The van der Waals surface area contributed by atoms with Gasteiger partial charge in [0.2, 0.25) is 0 Å². The Kier molecular flexibility index (Phi) is 4.32. The van der Waals surface area contributed by atoms with E-state index in [1.54, 1.807) is 18.3 Å². The number of anilines is 1. The van der Waals surface area contributed by atoms with Gasteiger partial charge in [-0.1, -0.05) is 0 Å².